The second kappa shape index (κ2) is 5.94. The number of aromatic nitrogens is 6. The van der Waals surface area contributed by atoms with Gasteiger partial charge in [-0.3, -0.25) is 9.13 Å². The molecule has 0 amide bonds. The lowest BCUT2D eigenvalue weighted by Crippen LogP contribution is -2.13. The van der Waals surface area contributed by atoms with Gasteiger partial charge in [0.1, 0.15) is 18.4 Å². The van der Waals surface area contributed by atoms with E-state index >= 15 is 0 Å². The zero-order chi connectivity index (χ0) is 15.5. The van der Waals surface area contributed by atoms with Crippen LogP contribution in [0.5, 0.6) is 11.8 Å². The third-order valence-electron chi connectivity index (χ3n) is 3.21. The molecule has 3 aromatic rings. The number of rotatable bonds is 5. The van der Waals surface area contributed by atoms with Crippen LogP contribution in [0.15, 0.2) is 36.9 Å². The molecule has 2 heterocycles. The highest BCUT2D eigenvalue weighted by molar-refractivity contribution is 5.39. The first kappa shape index (κ1) is 14.2. The molecule has 0 aliphatic heterocycles. The Bertz CT molecular complexity index is 748. The smallest absolute Gasteiger partial charge is 0.322 e. The lowest BCUT2D eigenvalue weighted by molar-refractivity contribution is 0.409. The van der Waals surface area contributed by atoms with E-state index in [1.807, 2.05) is 42.7 Å². The van der Waals surface area contributed by atoms with Crippen molar-refractivity contribution in [2.24, 2.45) is 5.73 Å². The molecule has 0 bridgehead atoms. The van der Waals surface area contributed by atoms with E-state index < -0.39 is 0 Å². The zero-order valence-corrected chi connectivity index (χ0v) is 12.4. The molecule has 2 aromatic heterocycles. The standard InChI is InChI=1S/C14H17N7O/c1-3-21-13(10(2)15)18-19-14(21)22-12-6-4-5-11(7-12)20-8-16-17-9-20/h4-10H,3,15H2,1-2H3/t10-/m1/s1. The van der Waals surface area contributed by atoms with Gasteiger partial charge in [-0.25, -0.2) is 0 Å². The van der Waals surface area contributed by atoms with Gasteiger partial charge in [0, 0.05) is 12.6 Å². The molecule has 0 radical (unpaired) electrons. The Morgan fingerprint density at radius 3 is 2.68 bits per heavy atom. The molecular weight excluding hydrogens is 282 g/mol. The van der Waals surface area contributed by atoms with Gasteiger partial charge < -0.3 is 10.5 Å². The molecule has 0 unspecified atom stereocenters. The second-order valence-electron chi connectivity index (χ2n) is 4.84. The van der Waals surface area contributed by atoms with Crippen LogP contribution in [0.25, 0.3) is 5.69 Å². The highest BCUT2D eigenvalue weighted by Gasteiger charge is 2.15. The van der Waals surface area contributed by atoms with E-state index in [0.29, 0.717) is 24.1 Å². The van der Waals surface area contributed by atoms with Gasteiger partial charge in [-0.15, -0.1) is 15.3 Å². The molecule has 8 nitrogen and oxygen atoms in total. The molecule has 0 aliphatic rings. The van der Waals surface area contributed by atoms with Gasteiger partial charge in [0.2, 0.25) is 0 Å². The molecule has 0 saturated heterocycles. The summed E-state index contributed by atoms with van der Waals surface area (Å²) in [6.45, 7) is 4.55. The molecule has 3 rings (SSSR count). The SMILES string of the molecule is CCn1c(Oc2cccc(-n3cnnc3)c2)nnc1[C@@H](C)N. The van der Waals surface area contributed by atoms with Gasteiger partial charge >= 0.3 is 6.01 Å². The number of nitrogens with two attached hydrogens (primary N) is 1. The average molecular weight is 299 g/mol. The molecule has 0 saturated carbocycles. The summed E-state index contributed by atoms with van der Waals surface area (Å²) >= 11 is 0. The molecule has 114 valence electrons. The van der Waals surface area contributed by atoms with Crippen LogP contribution < -0.4 is 10.5 Å². The maximum atomic E-state index is 5.89. The summed E-state index contributed by atoms with van der Waals surface area (Å²) < 4.78 is 9.50. The molecule has 1 atom stereocenters. The van der Waals surface area contributed by atoms with E-state index in [9.17, 15) is 0 Å². The Morgan fingerprint density at radius 2 is 2.00 bits per heavy atom. The van der Waals surface area contributed by atoms with E-state index in [-0.39, 0.29) is 6.04 Å². The first-order chi connectivity index (χ1) is 10.7. The molecule has 0 aliphatic carbocycles. The fourth-order valence-electron chi connectivity index (χ4n) is 2.16. The molecule has 0 fully saturated rings. The van der Waals surface area contributed by atoms with Gasteiger partial charge in [0.25, 0.3) is 0 Å². The maximum Gasteiger partial charge on any atom is 0.322 e. The van der Waals surface area contributed by atoms with Crippen molar-refractivity contribution >= 4 is 0 Å². The Hall–Kier alpha value is -2.74. The second-order valence-corrected chi connectivity index (χ2v) is 4.84. The van der Waals surface area contributed by atoms with Crippen LogP contribution in [-0.2, 0) is 6.54 Å². The number of hydrogen-bond donors (Lipinski definition) is 1. The summed E-state index contributed by atoms with van der Waals surface area (Å²) in [6.07, 6.45) is 3.25. The molecule has 22 heavy (non-hydrogen) atoms. The van der Waals surface area contributed by atoms with E-state index in [1.54, 1.807) is 17.2 Å². The summed E-state index contributed by atoms with van der Waals surface area (Å²) in [5, 5.41) is 15.8. The minimum atomic E-state index is -0.201. The van der Waals surface area contributed by atoms with Crippen LogP contribution in [0.4, 0.5) is 0 Å². The monoisotopic (exact) mass is 299 g/mol. The normalized spacial score (nSPS) is 12.3. The van der Waals surface area contributed by atoms with E-state index in [0.717, 1.165) is 5.69 Å². The third-order valence-corrected chi connectivity index (χ3v) is 3.21. The molecule has 8 heteroatoms. The number of ether oxygens (including phenoxy) is 1. The largest absolute Gasteiger partial charge is 0.424 e. The lowest BCUT2D eigenvalue weighted by atomic mass is 10.3. The quantitative estimate of drug-likeness (QED) is 0.770. The number of hydrogen-bond acceptors (Lipinski definition) is 6. The summed E-state index contributed by atoms with van der Waals surface area (Å²) in [5.74, 6) is 1.36. The van der Waals surface area contributed by atoms with Crippen molar-refractivity contribution in [2.45, 2.75) is 26.4 Å². The van der Waals surface area contributed by atoms with Crippen molar-refractivity contribution < 1.29 is 4.74 Å². The minimum absolute atomic E-state index is 0.201. The zero-order valence-electron chi connectivity index (χ0n) is 12.4. The Morgan fingerprint density at radius 1 is 1.23 bits per heavy atom. The molecule has 1 aromatic carbocycles. The number of nitrogens with zero attached hydrogens (tertiary/aromatic N) is 6. The highest BCUT2D eigenvalue weighted by Crippen LogP contribution is 2.24. The van der Waals surface area contributed by atoms with Crippen LogP contribution in [0.2, 0.25) is 0 Å². The van der Waals surface area contributed by atoms with Crippen LogP contribution in [0, 0.1) is 0 Å². The Labute approximate surface area is 127 Å². The van der Waals surface area contributed by atoms with Crippen molar-refractivity contribution in [3.8, 4) is 17.4 Å². The fraction of sp³-hybridized carbons (Fsp3) is 0.286. The Balaban J connectivity index is 1.89. The average Bonchev–Trinajstić information content (AvgIpc) is 3.16. The third kappa shape index (κ3) is 2.68. The van der Waals surface area contributed by atoms with Crippen LogP contribution in [-0.4, -0.2) is 29.5 Å². The van der Waals surface area contributed by atoms with E-state index in [1.165, 1.54) is 0 Å². The molecule has 2 N–H and O–H groups in total. The molecular formula is C14H17N7O. The van der Waals surface area contributed by atoms with Crippen LogP contribution in [0.1, 0.15) is 25.7 Å². The van der Waals surface area contributed by atoms with Crippen molar-refractivity contribution in [1.82, 2.24) is 29.5 Å². The van der Waals surface area contributed by atoms with Crippen molar-refractivity contribution in [3.05, 3.63) is 42.7 Å². The summed E-state index contributed by atoms with van der Waals surface area (Å²) in [7, 11) is 0. The lowest BCUT2D eigenvalue weighted by Gasteiger charge is -2.10. The van der Waals surface area contributed by atoms with Gasteiger partial charge in [-0.05, 0) is 26.0 Å². The Kier molecular flexibility index (Phi) is 3.84. The van der Waals surface area contributed by atoms with Crippen LogP contribution >= 0.6 is 0 Å². The summed E-state index contributed by atoms with van der Waals surface area (Å²) in [6, 6.07) is 7.79. The summed E-state index contributed by atoms with van der Waals surface area (Å²) in [4.78, 5) is 0. The predicted octanol–water partition coefficient (Wildman–Crippen LogP) is 1.69. The molecule has 0 spiro atoms. The highest BCUT2D eigenvalue weighted by atomic mass is 16.5. The minimum Gasteiger partial charge on any atom is -0.424 e. The van der Waals surface area contributed by atoms with E-state index in [2.05, 4.69) is 20.4 Å². The van der Waals surface area contributed by atoms with Gasteiger partial charge in [0.05, 0.1) is 11.7 Å². The fourth-order valence-corrected chi connectivity index (χ4v) is 2.16. The first-order valence-electron chi connectivity index (χ1n) is 7.00. The van der Waals surface area contributed by atoms with Gasteiger partial charge in [0.15, 0.2) is 5.82 Å². The van der Waals surface area contributed by atoms with Gasteiger partial charge in [-0.2, -0.15) is 0 Å². The summed E-state index contributed by atoms with van der Waals surface area (Å²) in [5.41, 5.74) is 6.79. The van der Waals surface area contributed by atoms with Crippen molar-refractivity contribution in [2.75, 3.05) is 0 Å². The van der Waals surface area contributed by atoms with Gasteiger partial charge in [-0.1, -0.05) is 11.2 Å². The van der Waals surface area contributed by atoms with E-state index in [4.69, 9.17) is 10.5 Å². The first-order valence-corrected chi connectivity index (χ1v) is 7.00. The van der Waals surface area contributed by atoms with Crippen molar-refractivity contribution in [3.63, 3.8) is 0 Å². The topological polar surface area (TPSA) is 96.7 Å². The predicted molar refractivity (Wildman–Crippen MR) is 79.7 cm³/mol. The van der Waals surface area contributed by atoms with Crippen molar-refractivity contribution in [1.29, 1.82) is 0 Å². The maximum absolute atomic E-state index is 5.89. The number of benzene rings is 1. The van der Waals surface area contributed by atoms with Crippen LogP contribution in [0.3, 0.4) is 0 Å².